The minimum Gasteiger partial charge on any atom is -0.423 e. The van der Waals surface area contributed by atoms with Gasteiger partial charge < -0.3 is 24.2 Å². The molecule has 4 rings (SSSR count). The van der Waals surface area contributed by atoms with Gasteiger partial charge in [0.05, 0.1) is 11.1 Å². The van der Waals surface area contributed by atoms with Gasteiger partial charge in [0.25, 0.3) is 0 Å². The molecule has 0 amide bonds. The van der Waals surface area contributed by atoms with Gasteiger partial charge in [0, 0.05) is 49.2 Å². The van der Waals surface area contributed by atoms with Gasteiger partial charge in [0.15, 0.2) is 6.29 Å². The molecule has 0 saturated heterocycles. The van der Waals surface area contributed by atoms with Crippen LogP contribution in [0.5, 0.6) is 5.75 Å². The summed E-state index contributed by atoms with van der Waals surface area (Å²) in [5.41, 5.74) is 5.92. The number of ether oxygens (including phenoxy) is 3. The van der Waals surface area contributed by atoms with Gasteiger partial charge in [-0.1, -0.05) is 24.3 Å². The van der Waals surface area contributed by atoms with E-state index in [0.717, 1.165) is 38.5 Å². The lowest BCUT2D eigenvalue weighted by Gasteiger charge is -2.17. The second-order valence-electron chi connectivity index (χ2n) is 8.51. The molecule has 6 heteroatoms. The van der Waals surface area contributed by atoms with Gasteiger partial charge in [0.1, 0.15) is 5.75 Å². The first-order valence-electron chi connectivity index (χ1n) is 11.5. The lowest BCUT2D eigenvalue weighted by molar-refractivity contribution is -0.0958. The number of nitrogens with one attached hydrogen (secondary N) is 1. The maximum absolute atomic E-state index is 12.7. The third kappa shape index (κ3) is 4.63. The number of esters is 1. The van der Waals surface area contributed by atoms with Crippen LogP contribution in [0.4, 0.5) is 0 Å². The summed E-state index contributed by atoms with van der Waals surface area (Å²) in [5, 5.41) is 10.7. The zero-order chi connectivity index (χ0) is 25.1. The molecule has 0 unspecified atom stereocenters. The molecular weight excluding hydrogens is 440 g/mol. The predicted octanol–water partition coefficient (Wildman–Crippen LogP) is 6.19. The molecule has 0 aliphatic heterocycles. The highest BCUT2D eigenvalue weighted by molar-refractivity contribution is 6.15. The number of methoxy groups -OCH3 is 2. The summed E-state index contributed by atoms with van der Waals surface area (Å²) in [5.74, 6) is 0.0701. The molecule has 0 aliphatic rings. The molecule has 6 nitrogen and oxygen atoms in total. The first-order chi connectivity index (χ1) is 16.9. The SMILES string of the molecule is C=CCn1c2ccc(OC(=O)c3ccccc3)cc2c2c(C)c(C(=N)CC(OC)OC)cc(C)c21. The van der Waals surface area contributed by atoms with E-state index < -0.39 is 12.3 Å². The minimum atomic E-state index is -0.482. The average molecular weight is 471 g/mol. The second kappa shape index (κ2) is 10.3. The molecule has 180 valence electrons. The summed E-state index contributed by atoms with van der Waals surface area (Å²) >= 11 is 0. The van der Waals surface area contributed by atoms with Gasteiger partial charge in [-0.3, -0.25) is 0 Å². The minimum absolute atomic E-state index is 0.337. The van der Waals surface area contributed by atoms with Crippen LogP contribution in [-0.2, 0) is 16.0 Å². The molecule has 1 aromatic heterocycles. The molecule has 4 aromatic rings. The molecule has 1 heterocycles. The Labute approximate surface area is 205 Å². The second-order valence-corrected chi connectivity index (χ2v) is 8.51. The van der Waals surface area contributed by atoms with Crippen LogP contribution in [0.2, 0.25) is 0 Å². The average Bonchev–Trinajstić information content (AvgIpc) is 3.19. The fraction of sp³-hybridized carbons (Fsp3) is 0.241. The normalized spacial score (nSPS) is 11.3. The Balaban J connectivity index is 1.87. The molecule has 0 bridgehead atoms. The van der Waals surface area contributed by atoms with E-state index in [2.05, 4.69) is 24.1 Å². The summed E-state index contributed by atoms with van der Waals surface area (Å²) in [4.78, 5) is 12.7. The number of aryl methyl sites for hydroxylation is 2. The quantitative estimate of drug-likeness (QED) is 0.104. The molecule has 0 fully saturated rings. The number of aromatic nitrogens is 1. The van der Waals surface area contributed by atoms with Crippen molar-refractivity contribution in [2.45, 2.75) is 33.1 Å². The standard InChI is InChI=1S/C29H30N2O4/c1-6-14-31-25-13-12-21(35-29(32)20-10-8-7-9-11-20)16-23(25)27-19(3)22(15-18(2)28(27)31)24(30)17-26(33-4)34-5/h6-13,15-16,26,30H,1,14,17H2,2-5H3. The summed E-state index contributed by atoms with van der Waals surface area (Å²) in [6, 6.07) is 16.7. The Kier molecular flexibility index (Phi) is 7.15. The number of allylic oxidation sites excluding steroid dienone is 1. The van der Waals surface area contributed by atoms with Crippen LogP contribution >= 0.6 is 0 Å². The maximum atomic E-state index is 12.7. The van der Waals surface area contributed by atoms with Crippen LogP contribution in [0.15, 0.2) is 67.3 Å². The Morgan fingerprint density at radius 2 is 1.80 bits per heavy atom. The molecule has 0 radical (unpaired) electrons. The van der Waals surface area contributed by atoms with Crippen molar-refractivity contribution in [1.29, 1.82) is 5.41 Å². The van der Waals surface area contributed by atoms with E-state index in [4.69, 9.17) is 19.6 Å². The Hall–Kier alpha value is -3.74. The molecule has 0 saturated carbocycles. The van der Waals surface area contributed by atoms with Crippen molar-refractivity contribution in [3.05, 3.63) is 89.5 Å². The smallest absolute Gasteiger partial charge is 0.343 e. The highest BCUT2D eigenvalue weighted by Crippen LogP contribution is 2.37. The number of nitrogens with zero attached hydrogens (tertiary/aromatic N) is 1. The van der Waals surface area contributed by atoms with Gasteiger partial charge in [-0.25, -0.2) is 4.79 Å². The molecule has 35 heavy (non-hydrogen) atoms. The summed E-state index contributed by atoms with van der Waals surface area (Å²) in [6.45, 7) is 8.65. The number of carbonyl (C=O) groups excluding carboxylic acids is 1. The van der Waals surface area contributed by atoms with Crippen molar-refractivity contribution in [2.24, 2.45) is 0 Å². The van der Waals surface area contributed by atoms with Crippen molar-refractivity contribution >= 4 is 33.5 Å². The van der Waals surface area contributed by atoms with Crippen molar-refractivity contribution in [3.8, 4) is 5.75 Å². The molecule has 0 aliphatic carbocycles. The van der Waals surface area contributed by atoms with E-state index in [0.29, 0.717) is 30.0 Å². The van der Waals surface area contributed by atoms with Crippen molar-refractivity contribution in [3.63, 3.8) is 0 Å². The van der Waals surface area contributed by atoms with Crippen LogP contribution in [0.3, 0.4) is 0 Å². The number of benzene rings is 3. The third-order valence-electron chi connectivity index (χ3n) is 6.30. The lowest BCUT2D eigenvalue weighted by atomic mass is 9.94. The number of rotatable bonds is 9. The van der Waals surface area contributed by atoms with Crippen LogP contribution in [-0.4, -0.2) is 36.8 Å². The van der Waals surface area contributed by atoms with Crippen LogP contribution in [0.25, 0.3) is 21.8 Å². The molecule has 3 aromatic carbocycles. The van der Waals surface area contributed by atoms with Crippen LogP contribution in [0.1, 0.15) is 33.5 Å². The number of carbonyl (C=O) groups is 1. The van der Waals surface area contributed by atoms with Gasteiger partial charge in [-0.2, -0.15) is 0 Å². The fourth-order valence-electron chi connectivity index (χ4n) is 4.63. The van der Waals surface area contributed by atoms with E-state index in [9.17, 15) is 4.79 Å². The highest BCUT2D eigenvalue weighted by atomic mass is 16.7. The number of fused-ring (bicyclic) bond motifs is 3. The first-order valence-corrected chi connectivity index (χ1v) is 11.5. The third-order valence-corrected chi connectivity index (χ3v) is 6.30. The molecule has 0 spiro atoms. The fourth-order valence-corrected chi connectivity index (χ4v) is 4.63. The maximum Gasteiger partial charge on any atom is 0.343 e. The van der Waals surface area contributed by atoms with Crippen molar-refractivity contribution < 1.29 is 19.0 Å². The Morgan fingerprint density at radius 3 is 2.46 bits per heavy atom. The van der Waals surface area contributed by atoms with E-state index >= 15 is 0 Å². The zero-order valence-electron chi connectivity index (χ0n) is 20.6. The largest absolute Gasteiger partial charge is 0.423 e. The summed E-state index contributed by atoms with van der Waals surface area (Å²) in [6.07, 6.45) is 1.72. The zero-order valence-corrected chi connectivity index (χ0v) is 20.6. The van der Waals surface area contributed by atoms with Crippen LogP contribution in [0, 0.1) is 19.3 Å². The van der Waals surface area contributed by atoms with E-state index in [1.54, 1.807) is 26.4 Å². The molecule has 0 atom stereocenters. The summed E-state index contributed by atoms with van der Waals surface area (Å²) < 4.78 is 18.6. The molecular formula is C29H30N2O4. The van der Waals surface area contributed by atoms with Crippen molar-refractivity contribution in [1.82, 2.24) is 4.57 Å². The number of hydrogen-bond donors (Lipinski definition) is 1. The van der Waals surface area contributed by atoms with Crippen molar-refractivity contribution in [2.75, 3.05) is 14.2 Å². The highest BCUT2D eigenvalue weighted by Gasteiger charge is 2.21. The van der Waals surface area contributed by atoms with Crippen LogP contribution < -0.4 is 4.74 Å². The topological polar surface area (TPSA) is 73.5 Å². The predicted molar refractivity (Wildman–Crippen MR) is 140 cm³/mol. The Morgan fingerprint density at radius 1 is 1.09 bits per heavy atom. The Bertz CT molecular complexity index is 1420. The number of hydrogen-bond acceptors (Lipinski definition) is 5. The van der Waals surface area contributed by atoms with Gasteiger partial charge >= 0.3 is 5.97 Å². The van der Waals surface area contributed by atoms with E-state index in [-0.39, 0.29) is 0 Å². The van der Waals surface area contributed by atoms with E-state index in [1.807, 2.05) is 49.4 Å². The van der Waals surface area contributed by atoms with Gasteiger partial charge in [-0.15, -0.1) is 6.58 Å². The lowest BCUT2D eigenvalue weighted by Crippen LogP contribution is -2.19. The molecule has 1 N–H and O–H groups in total. The summed E-state index contributed by atoms with van der Waals surface area (Å²) in [7, 11) is 3.15. The first kappa shape index (κ1) is 24.4. The monoisotopic (exact) mass is 470 g/mol. The van der Waals surface area contributed by atoms with E-state index in [1.165, 1.54) is 0 Å². The van der Waals surface area contributed by atoms with Gasteiger partial charge in [0.2, 0.25) is 0 Å². The van der Waals surface area contributed by atoms with Gasteiger partial charge in [-0.05, 0) is 66.9 Å².